The number of rotatable bonds is 3. The highest BCUT2D eigenvalue weighted by atomic mass is 19.3. The van der Waals surface area contributed by atoms with Gasteiger partial charge in [-0.3, -0.25) is 4.79 Å². The monoisotopic (exact) mass is 337 g/mol. The zero-order chi connectivity index (χ0) is 17.2. The molecule has 0 bridgehead atoms. The molecular formula is C19H25F2NO2. The molecule has 2 aliphatic rings. The van der Waals surface area contributed by atoms with Crippen molar-refractivity contribution in [2.45, 2.75) is 57.0 Å². The van der Waals surface area contributed by atoms with Crippen molar-refractivity contribution >= 4 is 5.91 Å². The van der Waals surface area contributed by atoms with E-state index >= 15 is 0 Å². The maximum atomic E-state index is 13.2. The number of aliphatic hydroxyl groups excluding tert-OH is 1. The van der Waals surface area contributed by atoms with E-state index in [1.807, 2.05) is 23.1 Å². The Morgan fingerprint density at radius 2 is 1.75 bits per heavy atom. The van der Waals surface area contributed by atoms with Crippen LogP contribution in [0.2, 0.25) is 0 Å². The summed E-state index contributed by atoms with van der Waals surface area (Å²) in [6.45, 7) is 1.39. The van der Waals surface area contributed by atoms with Gasteiger partial charge in [0.15, 0.2) is 0 Å². The fraction of sp³-hybridized carbons (Fsp3) is 0.632. The number of aliphatic hydroxyl groups is 1. The molecule has 1 saturated carbocycles. The van der Waals surface area contributed by atoms with Gasteiger partial charge in [-0.25, -0.2) is 8.78 Å². The van der Waals surface area contributed by atoms with Gasteiger partial charge in [0, 0.05) is 31.8 Å². The molecule has 132 valence electrons. The van der Waals surface area contributed by atoms with E-state index in [2.05, 4.69) is 6.07 Å². The number of piperidine rings is 1. The smallest absolute Gasteiger partial charge is 0.248 e. The molecule has 1 aliphatic heterocycles. The second kappa shape index (κ2) is 7.18. The minimum Gasteiger partial charge on any atom is -0.392 e. The zero-order valence-corrected chi connectivity index (χ0v) is 13.9. The van der Waals surface area contributed by atoms with Gasteiger partial charge in [0.1, 0.15) is 0 Å². The molecule has 1 heterocycles. The predicted molar refractivity (Wildman–Crippen MR) is 87.8 cm³/mol. The molecule has 0 spiro atoms. The van der Waals surface area contributed by atoms with Crippen molar-refractivity contribution in [3.63, 3.8) is 0 Å². The fourth-order valence-corrected chi connectivity index (χ4v) is 4.03. The highest BCUT2D eigenvalue weighted by Crippen LogP contribution is 2.38. The number of carbonyl (C=O) groups excluding carboxylic acids is 1. The van der Waals surface area contributed by atoms with Crippen LogP contribution in [0.5, 0.6) is 0 Å². The number of hydrogen-bond donors (Lipinski definition) is 1. The molecule has 0 radical (unpaired) electrons. The summed E-state index contributed by atoms with van der Waals surface area (Å²) in [6, 6.07) is 7.90. The first-order valence-electron chi connectivity index (χ1n) is 8.85. The number of amides is 1. The topological polar surface area (TPSA) is 40.5 Å². The van der Waals surface area contributed by atoms with Crippen LogP contribution in [0, 0.1) is 5.92 Å². The van der Waals surface area contributed by atoms with E-state index < -0.39 is 5.92 Å². The van der Waals surface area contributed by atoms with E-state index in [1.165, 1.54) is 5.56 Å². The summed E-state index contributed by atoms with van der Waals surface area (Å²) in [5.74, 6) is -2.41. The van der Waals surface area contributed by atoms with Gasteiger partial charge in [-0.1, -0.05) is 24.3 Å². The van der Waals surface area contributed by atoms with E-state index in [1.54, 1.807) is 0 Å². The molecule has 5 heteroatoms. The molecule has 0 unspecified atom stereocenters. The van der Waals surface area contributed by atoms with Crippen LogP contribution in [0.25, 0.3) is 0 Å². The maximum absolute atomic E-state index is 13.2. The van der Waals surface area contributed by atoms with Crippen molar-refractivity contribution < 1.29 is 18.7 Å². The lowest BCUT2D eigenvalue weighted by Crippen LogP contribution is -2.43. The van der Waals surface area contributed by atoms with Crippen LogP contribution in [0.1, 0.15) is 55.6 Å². The summed E-state index contributed by atoms with van der Waals surface area (Å²) >= 11 is 0. The van der Waals surface area contributed by atoms with Crippen LogP contribution < -0.4 is 0 Å². The summed E-state index contributed by atoms with van der Waals surface area (Å²) in [6.07, 6.45) is 2.02. The van der Waals surface area contributed by atoms with E-state index in [0.717, 1.165) is 18.4 Å². The average Bonchev–Trinajstić information content (AvgIpc) is 2.61. The number of benzene rings is 1. The van der Waals surface area contributed by atoms with Gasteiger partial charge in [0.2, 0.25) is 11.8 Å². The number of halogens is 2. The van der Waals surface area contributed by atoms with Crippen molar-refractivity contribution in [1.29, 1.82) is 0 Å². The first-order chi connectivity index (χ1) is 11.5. The van der Waals surface area contributed by atoms with E-state index in [9.17, 15) is 18.7 Å². The maximum Gasteiger partial charge on any atom is 0.248 e. The van der Waals surface area contributed by atoms with E-state index in [-0.39, 0.29) is 31.3 Å². The second-order valence-electron chi connectivity index (χ2n) is 7.09. The number of nitrogens with zero attached hydrogens (tertiary/aromatic N) is 1. The molecular weight excluding hydrogens is 312 g/mol. The Bertz CT molecular complexity index is 572. The van der Waals surface area contributed by atoms with Crippen molar-refractivity contribution in [2.24, 2.45) is 5.92 Å². The number of likely N-dealkylation sites (tertiary alicyclic amines) is 1. The van der Waals surface area contributed by atoms with Crippen LogP contribution in [0.15, 0.2) is 24.3 Å². The van der Waals surface area contributed by atoms with Gasteiger partial charge in [-0.15, -0.1) is 0 Å². The summed E-state index contributed by atoms with van der Waals surface area (Å²) < 4.78 is 26.5. The van der Waals surface area contributed by atoms with Gasteiger partial charge in [0.25, 0.3) is 0 Å². The van der Waals surface area contributed by atoms with Gasteiger partial charge < -0.3 is 10.0 Å². The fourth-order valence-electron chi connectivity index (χ4n) is 4.03. The second-order valence-corrected chi connectivity index (χ2v) is 7.09. The first-order valence-corrected chi connectivity index (χ1v) is 8.85. The Morgan fingerprint density at radius 3 is 2.38 bits per heavy atom. The summed E-state index contributed by atoms with van der Waals surface area (Å²) in [5.41, 5.74) is 2.13. The lowest BCUT2D eigenvalue weighted by molar-refractivity contribution is -0.140. The molecule has 0 aromatic heterocycles. The van der Waals surface area contributed by atoms with E-state index in [0.29, 0.717) is 31.8 Å². The molecule has 1 saturated heterocycles. The van der Waals surface area contributed by atoms with Gasteiger partial charge in [-0.05, 0) is 42.7 Å². The molecule has 3 nitrogen and oxygen atoms in total. The van der Waals surface area contributed by atoms with Crippen LogP contribution in [-0.2, 0) is 11.4 Å². The Kier molecular flexibility index (Phi) is 5.18. The van der Waals surface area contributed by atoms with Crippen molar-refractivity contribution in [3.05, 3.63) is 35.4 Å². The largest absolute Gasteiger partial charge is 0.392 e. The highest BCUT2D eigenvalue weighted by Gasteiger charge is 2.39. The molecule has 2 fully saturated rings. The van der Waals surface area contributed by atoms with Gasteiger partial charge in [0.05, 0.1) is 6.61 Å². The molecule has 24 heavy (non-hydrogen) atoms. The minimum atomic E-state index is -2.59. The Labute approximate surface area is 141 Å². The Balaban J connectivity index is 1.56. The third kappa shape index (κ3) is 3.77. The normalized spacial score (nSPS) is 22.5. The summed E-state index contributed by atoms with van der Waals surface area (Å²) in [4.78, 5) is 14.4. The van der Waals surface area contributed by atoms with E-state index in [4.69, 9.17) is 0 Å². The summed E-state index contributed by atoms with van der Waals surface area (Å²) in [7, 11) is 0. The zero-order valence-electron chi connectivity index (χ0n) is 13.9. The summed E-state index contributed by atoms with van der Waals surface area (Å²) in [5, 5.41) is 9.48. The molecule has 3 rings (SSSR count). The van der Waals surface area contributed by atoms with Crippen molar-refractivity contribution in [1.82, 2.24) is 4.90 Å². The van der Waals surface area contributed by atoms with Crippen molar-refractivity contribution in [3.8, 4) is 0 Å². The van der Waals surface area contributed by atoms with Gasteiger partial charge in [-0.2, -0.15) is 0 Å². The van der Waals surface area contributed by atoms with Gasteiger partial charge >= 0.3 is 0 Å². The lowest BCUT2D eigenvalue weighted by Gasteiger charge is -2.36. The number of hydrogen-bond acceptors (Lipinski definition) is 2. The molecule has 1 aromatic rings. The first kappa shape index (κ1) is 17.3. The van der Waals surface area contributed by atoms with Crippen LogP contribution >= 0.6 is 0 Å². The third-order valence-corrected chi connectivity index (χ3v) is 5.54. The average molecular weight is 337 g/mol. The number of carbonyl (C=O) groups is 1. The lowest BCUT2D eigenvalue weighted by atomic mass is 9.83. The van der Waals surface area contributed by atoms with Crippen LogP contribution in [0.3, 0.4) is 0 Å². The molecule has 1 N–H and O–H groups in total. The Morgan fingerprint density at radius 1 is 1.12 bits per heavy atom. The molecule has 1 amide bonds. The quantitative estimate of drug-likeness (QED) is 0.913. The standard InChI is InChI=1S/C19H25F2NO2/c20-19(21)9-5-15(6-10-19)18(24)22-11-7-14(8-12-22)17-4-2-1-3-16(17)13-23/h1-4,14-15,23H,5-13H2. The minimum absolute atomic E-state index is 0.0333. The molecule has 1 aliphatic carbocycles. The SMILES string of the molecule is O=C(C1CCC(F)(F)CC1)N1CCC(c2ccccc2CO)CC1. The number of alkyl halides is 2. The molecule has 0 atom stereocenters. The molecule has 1 aromatic carbocycles. The van der Waals surface area contributed by atoms with Crippen LogP contribution in [-0.4, -0.2) is 34.9 Å². The Hall–Kier alpha value is -1.49. The highest BCUT2D eigenvalue weighted by molar-refractivity contribution is 5.79. The third-order valence-electron chi connectivity index (χ3n) is 5.54. The van der Waals surface area contributed by atoms with Crippen molar-refractivity contribution in [2.75, 3.05) is 13.1 Å². The van der Waals surface area contributed by atoms with Crippen LogP contribution in [0.4, 0.5) is 8.78 Å². The predicted octanol–water partition coefficient (Wildman–Crippen LogP) is 3.71.